The van der Waals surface area contributed by atoms with Crippen LogP contribution in [0.3, 0.4) is 0 Å². The molecule has 3 aromatic rings. The van der Waals surface area contributed by atoms with Gasteiger partial charge in [0.25, 0.3) is 5.91 Å². The van der Waals surface area contributed by atoms with Crippen molar-refractivity contribution >= 4 is 27.5 Å². The fourth-order valence-electron chi connectivity index (χ4n) is 3.53. The monoisotopic (exact) mass is 463 g/mol. The fourth-order valence-corrected chi connectivity index (χ4v) is 5.21. The molecule has 10 heteroatoms. The summed E-state index contributed by atoms with van der Waals surface area (Å²) in [6.07, 6.45) is 0. The van der Waals surface area contributed by atoms with E-state index in [0.717, 1.165) is 6.07 Å². The predicted octanol–water partition coefficient (Wildman–Crippen LogP) is 3.59. The Hall–Kier alpha value is -2.75. The summed E-state index contributed by atoms with van der Waals surface area (Å²) in [7, 11) is -3.85. The first-order valence-corrected chi connectivity index (χ1v) is 11.4. The summed E-state index contributed by atoms with van der Waals surface area (Å²) in [4.78, 5) is 14.7. The third-order valence-electron chi connectivity index (χ3n) is 5.17. The van der Waals surface area contributed by atoms with Crippen molar-refractivity contribution in [1.82, 2.24) is 14.4 Å². The van der Waals surface area contributed by atoms with Gasteiger partial charge in [0.15, 0.2) is 0 Å². The number of aromatic nitrogens is 1. The van der Waals surface area contributed by atoms with Crippen LogP contribution >= 0.6 is 11.6 Å². The summed E-state index contributed by atoms with van der Waals surface area (Å²) in [5, 5.41) is 4.46. The van der Waals surface area contributed by atoms with Crippen LogP contribution in [-0.4, -0.2) is 54.9 Å². The molecule has 0 unspecified atom stereocenters. The van der Waals surface area contributed by atoms with E-state index < -0.39 is 15.8 Å². The fraction of sp³-hybridized carbons (Fsp3) is 0.238. The van der Waals surface area contributed by atoms with E-state index in [4.69, 9.17) is 16.1 Å². The van der Waals surface area contributed by atoms with Crippen molar-refractivity contribution in [2.24, 2.45) is 0 Å². The molecule has 1 aliphatic rings. The Morgan fingerprint density at radius 3 is 2.48 bits per heavy atom. The van der Waals surface area contributed by atoms with Crippen LogP contribution in [0.15, 0.2) is 57.9 Å². The van der Waals surface area contributed by atoms with Crippen LogP contribution in [-0.2, 0) is 10.0 Å². The van der Waals surface area contributed by atoms with E-state index in [0.29, 0.717) is 27.6 Å². The van der Waals surface area contributed by atoms with Gasteiger partial charge < -0.3 is 9.42 Å². The van der Waals surface area contributed by atoms with Crippen molar-refractivity contribution in [3.8, 4) is 11.3 Å². The van der Waals surface area contributed by atoms with Crippen LogP contribution in [0.2, 0.25) is 5.02 Å². The molecule has 1 saturated heterocycles. The number of piperazine rings is 1. The number of halogens is 2. The minimum absolute atomic E-state index is 0.0936. The minimum atomic E-state index is -3.85. The molecule has 2 heterocycles. The van der Waals surface area contributed by atoms with Gasteiger partial charge in [-0.1, -0.05) is 41.0 Å². The van der Waals surface area contributed by atoms with E-state index >= 15 is 0 Å². The average molecular weight is 464 g/mol. The third kappa shape index (κ3) is 4.08. The number of aryl methyl sites for hydroxylation is 1. The Bertz CT molecular complexity index is 1240. The predicted molar refractivity (Wildman–Crippen MR) is 113 cm³/mol. The molecule has 31 heavy (non-hydrogen) atoms. The standard InChI is InChI=1S/C21H19ClFN3O4S/c1-14-19(20(24-30-14)17-7-2-3-8-18(17)22)21(27)25-9-11-26(12-10-25)31(28,29)16-6-4-5-15(23)13-16/h2-8,13H,9-12H2,1H3. The molecular formula is C21H19ClFN3O4S. The van der Waals surface area contributed by atoms with Crippen LogP contribution in [0, 0.1) is 12.7 Å². The quantitative estimate of drug-likeness (QED) is 0.590. The summed E-state index contributed by atoms with van der Waals surface area (Å²) in [5.74, 6) is -0.573. The maximum atomic E-state index is 13.5. The van der Waals surface area contributed by atoms with Crippen molar-refractivity contribution in [2.75, 3.05) is 26.2 Å². The van der Waals surface area contributed by atoms with Gasteiger partial charge in [-0.15, -0.1) is 0 Å². The average Bonchev–Trinajstić information content (AvgIpc) is 3.14. The number of benzene rings is 2. The largest absolute Gasteiger partial charge is 0.360 e. The number of amides is 1. The molecule has 0 atom stereocenters. The molecule has 1 amide bonds. The number of nitrogens with zero attached hydrogens (tertiary/aromatic N) is 3. The van der Waals surface area contributed by atoms with E-state index in [1.165, 1.54) is 22.5 Å². The van der Waals surface area contributed by atoms with Crippen molar-refractivity contribution in [2.45, 2.75) is 11.8 Å². The van der Waals surface area contributed by atoms with Gasteiger partial charge in [-0.2, -0.15) is 4.31 Å². The van der Waals surface area contributed by atoms with Gasteiger partial charge in [-0.25, -0.2) is 12.8 Å². The van der Waals surface area contributed by atoms with Crippen LogP contribution < -0.4 is 0 Å². The topological polar surface area (TPSA) is 83.7 Å². The zero-order valence-electron chi connectivity index (χ0n) is 16.6. The highest BCUT2D eigenvalue weighted by atomic mass is 35.5. The van der Waals surface area contributed by atoms with Crippen LogP contribution in [0.5, 0.6) is 0 Å². The molecule has 2 aromatic carbocycles. The number of rotatable bonds is 4. The van der Waals surface area contributed by atoms with Gasteiger partial charge in [-0.05, 0) is 31.2 Å². The molecule has 0 bridgehead atoms. The first-order valence-electron chi connectivity index (χ1n) is 9.55. The van der Waals surface area contributed by atoms with Gasteiger partial charge >= 0.3 is 0 Å². The molecular weight excluding hydrogens is 445 g/mol. The first-order chi connectivity index (χ1) is 14.8. The Labute approximate surface area is 184 Å². The lowest BCUT2D eigenvalue weighted by atomic mass is 10.0. The Balaban J connectivity index is 1.54. The smallest absolute Gasteiger partial charge is 0.259 e. The number of sulfonamides is 1. The van der Waals surface area contributed by atoms with Crippen molar-refractivity contribution in [3.05, 3.63) is 70.7 Å². The highest BCUT2D eigenvalue weighted by Gasteiger charge is 2.33. The summed E-state index contributed by atoms with van der Waals surface area (Å²) >= 11 is 6.26. The van der Waals surface area contributed by atoms with Crippen molar-refractivity contribution < 1.29 is 22.1 Å². The van der Waals surface area contributed by atoms with Gasteiger partial charge in [0.2, 0.25) is 10.0 Å². The lowest BCUT2D eigenvalue weighted by Gasteiger charge is -2.34. The highest BCUT2D eigenvalue weighted by molar-refractivity contribution is 7.89. The second-order valence-corrected chi connectivity index (χ2v) is 9.44. The maximum Gasteiger partial charge on any atom is 0.259 e. The second-order valence-electron chi connectivity index (χ2n) is 7.10. The molecule has 0 saturated carbocycles. The van der Waals surface area contributed by atoms with E-state index in [2.05, 4.69) is 5.16 Å². The molecule has 0 spiro atoms. The van der Waals surface area contributed by atoms with Gasteiger partial charge in [0, 0.05) is 31.7 Å². The second kappa shape index (κ2) is 8.41. The number of carbonyl (C=O) groups excluding carboxylic acids is 1. The number of carbonyl (C=O) groups is 1. The van der Waals surface area contributed by atoms with Gasteiger partial charge in [-0.3, -0.25) is 4.79 Å². The summed E-state index contributed by atoms with van der Waals surface area (Å²) in [6.45, 7) is 2.19. The zero-order valence-corrected chi connectivity index (χ0v) is 18.2. The third-order valence-corrected chi connectivity index (χ3v) is 7.39. The van der Waals surface area contributed by atoms with Gasteiger partial charge in [0.1, 0.15) is 22.8 Å². The SMILES string of the molecule is Cc1onc(-c2ccccc2Cl)c1C(=O)N1CCN(S(=O)(=O)c2cccc(F)c2)CC1. The summed E-state index contributed by atoms with van der Waals surface area (Å²) in [5.41, 5.74) is 1.23. The lowest BCUT2D eigenvalue weighted by molar-refractivity contribution is 0.0697. The number of hydrogen-bond acceptors (Lipinski definition) is 5. The summed E-state index contributed by atoms with van der Waals surface area (Å²) < 4.78 is 45.6. The van der Waals surface area contributed by atoms with E-state index in [-0.39, 0.29) is 37.0 Å². The Kier molecular flexibility index (Phi) is 5.83. The van der Waals surface area contributed by atoms with Gasteiger partial charge in [0.05, 0.1) is 9.92 Å². The van der Waals surface area contributed by atoms with Crippen molar-refractivity contribution in [3.63, 3.8) is 0 Å². The molecule has 162 valence electrons. The zero-order chi connectivity index (χ0) is 22.2. The minimum Gasteiger partial charge on any atom is -0.360 e. The molecule has 0 aliphatic carbocycles. The molecule has 7 nitrogen and oxygen atoms in total. The Morgan fingerprint density at radius 1 is 1.10 bits per heavy atom. The molecule has 0 radical (unpaired) electrons. The normalized spacial score (nSPS) is 15.3. The lowest BCUT2D eigenvalue weighted by Crippen LogP contribution is -2.50. The highest BCUT2D eigenvalue weighted by Crippen LogP contribution is 2.32. The van der Waals surface area contributed by atoms with Crippen molar-refractivity contribution in [1.29, 1.82) is 0 Å². The molecule has 0 N–H and O–H groups in total. The summed E-state index contributed by atoms with van der Waals surface area (Å²) in [6, 6.07) is 11.9. The molecule has 4 rings (SSSR count). The van der Waals surface area contributed by atoms with Crippen LogP contribution in [0.25, 0.3) is 11.3 Å². The Morgan fingerprint density at radius 2 is 1.81 bits per heavy atom. The van der Waals surface area contributed by atoms with E-state index in [1.807, 2.05) is 0 Å². The molecule has 1 aliphatic heterocycles. The first kappa shape index (κ1) is 21.5. The number of hydrogen-bond donors (Lipinski definition) is 0. The van der Waals surface area contributed by atoms with Crippen LogP contribution in [0.4, 0.5) is 4.39 Å². The molecule has 1 fully saturated rings. The molecule has 1 aromatic heterocycles. The van der Waals surface area contributed by atoms with Crippen LogP contribution in [0.1, 0.15) is 16.1 Å². The van der Waals surface area contributed by atoms with E-state index in [1.54, 1.807) is 36.1 Å². The maximum absolute atomic E-state index is 13.5. The van der Waals surface area contributed by atoms with E-state index in [9.17, 15) is 17.6 Å².